The normalized spacial score (nSPS) is 14.9. The third-order valence-corrected chi connectivity index (χ3v) is 2.39. The van der Waals surface area contributed by atoms with E-state index in [1.807, 2.05) is 0 Å². The van der Waals surface area contributed by atoms with Gasteiger partial charge in [0.2, 0.25) is 12.5 Å². The van der Waals surface area contributed by atoms with Crippen molar-refractivity contribution in [3.63, 3.8) is 0 Å². The second kappa shape index (κ2) is 5.11. The average molecular weight is 286 g/mol. The Morgan fingerprint density at radius 3 is 2.56 bits per heavy atom. The van der Waals surface area contributed by atoms with Crippen LogP contribution in [0.25, 0.3) is 0 Å². The lowest BCUT2D eigenvalue weighted by atomic mass is 10.1. The summed E-state index contributed by atoms with van der Waals surface area (Å²) in [5, 5.41) is 0. The summed E-state index contributed by atoms with van der Waals surface area (Å²) in [5.41, 5.74) is 4.99. The van der Waals surface area contributed by atoms with Crippen LogP contribution in [-0.4, -0.2) is 20.1 Å². The fraction of sp³-hybridized carbons (Fsp3) is 0.400. The molecule has 8 heteroatoms. The summed E-state index contributed by atoms with van der Waals surface area (Å²) >= 11 is 0. The van der Waals surface area contributed by atoms with Crippen LogP contribution in [0, 0.1) is 0 Å². The number of ether oxygens (including phenoxy) is 3. The van der Waals surface area contributed by atoms with Gasteiger partial charge in [0.05, 0.1) is 7.11 Å². The van der Waals surface area contributed by atoms with Crippen molar-refractivity contribution in [1.82, 2.24) is 0 Å². The Morgan fingerprint density at radius 1 is 1.33 bits per heavy atom. The molecule has 0 saturated heterocycles. The second-order valence-corrected chi connectivity index (χ2v) is 3.48. The molecule has 2 N–H and O–H groups in total. The summed E-state index contributed by atoms with van der Waals surface area (Å²) in [6, 6.07) is 0.334. The largest absolute Gasteiger partial charge is 0.493 e. The van der Waals surface area contributed by atoms with E-state index >= 15 is 0 Å². The zero-order valence-corrected chi connectivity index (χ0v) is 10.1. The molecule has 2 rings (SSSR count). The van der Waals surface area contributed by atoms with Crippen LogP contribution in [0.15, 0.2) is 12.1 Å². The molecule has 1 aliphatic heterocycles. The fourth-order valence-corrected chi connectivity index (χ4v) is 1.52. The highest BCUT2D eigenvalue weighted by molar-refractivity contribution is 5.85. The van der Waals surface area contributed by atoms with Gasteiger partial charge in [-0.2, -0.15) is 13.2 Å². The van der Waals surface area contributed by atoms with Gasteiger partial charge >= 0.3 is 6.18 Å². The maximum Gasteiger partial charge on any atom is 0.407 e. The van der Waals surface area contributed by atoms with Crippen LogP contribution in [0.2, 0.25) is 0 Å². The lowest BCUT2D eigenvalue weighted by molar-refractivity contribution is -0.149. The number of fused-ring (bicyclic) bond motifs is 1. The molecule has 1 heterocycles. The predicted octanol–water partition coefficient (Wildman–Crippen LogP) is 2.41. The maximum atomic E-state index is 12.5. The van der Waals surface area contributed by atoms with E-state index < -0.39 is 12.2 Å². The van der Waals surface area contributed by atoms with Crippen molar-refractivity contribution in [2.75, 3.05) is 13.9 Å². The van der Waals surface area contributed by atoms with Crippen molar-refractivity contribution >= 4 is 12.4 Å². The zero-order valence-electron chi connectivity index (χ0n) is 9.28. The number of alkyl halides is 3. The number of benzene rings is 1. The fourth-order valence-electron chi connectivity index (χ4n) is 1.52. The first-order chi connectivity index (χ1) is 7.93. The van der Waals surface area contributed by atoms with E-state index in [4.69, 9.17) is 19.9 Å². The monoisotopic (exact) mass is 285 g/mol. The Hall–Kier alpha value is -1.34. The number of methoxy groups -OCH3 is 1. The van der Waals surface area contributed by atoms with E-state index in [9.17, 15) is 13.2 Å². The molecule has 0 unspecified atom stereocenters. The van der Waals surface area contributed by atoms with Gasteiger partial charge in [-0.15, -0.1) is 12.4 Å². The van der Waals surface area contributed by atoms with Gasteiger partial charge in [-0.25, -0.2) is 0 Å². The molecular weight excluding hydrogens is 275 g/mol. The van der Waals surface area contributed by atoms with Crippen LogP contribution < -0.4 is 19.9 Å². The highest BCUT2D eigenvalue weighted by atomic mass is 35.5. The van der Waals surface area contributed by atoms with Crippen molar-refractivity contribution in [1.29, 1.82) is 0 Å². The quantitative estimate of drug-likeness (QED) is 0.906. The third-order valence-electron chi connectivity index (χ3n) is 2.39. The third kappa shape index (κ3) is 2.56. The van der Waals surface area contributed by atoms with Crippen molar-refractivity contribution in [3.8, 4) is 17.2 Å². The molecule has 1 aromatic rings. The Morgan fingerprint density at radius 2 is 2.00 bits per heavy atom. The highest BCUT2D eigenvalue weighted by Crippen LogP contribution is 2.44. The first-order valence-corrected chi connectivity index (χ1v) is 4.73. The van der Waals surface area contributed by atoms with E-state index in [0.717, 1.165) is 0 Å². The molecule has 1 atom stereocenters. The van der Waals surface area contributed by atoms with Gasteiger partial charge in [0.15, 0.2) is 11.5 Å². The average Bonchev–Trinajstić information content (AvgIpc) is 2.73. The number of hydrogen-bond donors (Lipinski definition) is 1. The number of nitrogens with two attached hydrogens (primary N) is 1. The number of rotatable bonds is 2. The lowest BCUT2D eigenvalue weighted by Gasteiger charge is -2.17. The van der Waals surface area contributed by atoms with Crippen molar-refractivity contribution in [2.45, 2.75) is 12.2 Å². The molecule has 0 aromatic heterocycles. The Bertz CT molecular complexity index is 439. The van der Waals surface area contributed by atoms with Gasteiger partial charge in [0.25, 0.3) is 0 Å². The summed E-state index contributed by atoms with van der Waals surface area (Å²) in [4.78, 5) is 0. The number of halogens is 4. The zero-order chi connectivity index (χ0) is 12.6. The molecular formula is C10H11ClF3NO3. The van der Waals surface area contributed by atoms with Crippen LogP contribution in [0.5, 0.6) is 17.2 Å². The minimum atomic E-state index is -4.52. The molecule has 102 valence electrons. The molecule has 0 aliphatic carbocycles. The van der Waals surface area contributed by atoms with E-state index in [1.54, 1.807) is 0 Å². The van der Waals surface area contributed by atoms with Gasteiger partial charge in [-0.05, 0) is 17.7 Å². The molecule has 0 radical (unpaired) electrons. The van der Waals surface area contributed by atoms with Gasteiger partial charge in [0.1, 0.15) is 6.04 Å². The standard InChI is InChI=1S/C10H10F3NO3.ClH/c1-15-6-2-5(9(14)10(11,12)13)3-7-8(6)17-4-16-7;/h2-3,9H,4,14H2,1H3;1H/t9-;/m1./s1. The summed E-state index contributed by atoms with van der Waals surface area (Å²) in [6.45, 7) is -0.0452. The molecule has 0 saturated carbocycles. The SMILES string of the molecule is COc1cc([C@@H](N)C(F)(F)F)cc2c1OCO2.Cl. The summed E-state index contributed by atoms with van der Waals surface area (Å²) in [6.07, 6.45) is -4.52. The van der Waals surface area contributed by atoms with Crippen molar-refractivity contribution in [2.24, 2.45) is 5.73 Å². The molecule has 0 amide bonds. The molecule has 0 spiro atoms. The van der Waals surface area contributed by atoms with Gasteiger partial charge < -0.3 is 19.9 Å². The van der Waals surface area contributed by atoms with Gasteiger partial charge in [0, 0.05) is 0 Å². The molecule has 1 aliphatic rings. The molecule has 0 bridgehead atoms. The second-order valence-electron chi connectivity index (χ2n) is 3.48. The van der Waals surface area contributed by atoms with Crippen LogP contribution >= 0.6 is 12.4 Å². The van der Waals surface area contributed by atoms with Crippen molar-refractivity contribution < 1.29 is 27.4 Å². The van der Waals surface area contributed by atoms with E-state index in [2.05, 4.69) is 0 Å². The van der Waals surface area contributed by atoms with Gasteiger partial charge in [-0.1, -0.05) is 0 Å². The van der Waals surface area contributed by atoms with E-state index in [0.29, 0.717) is 5.75 Å². The summed E-state index contributed by atoms with van der Waals surface area (Å²) < 4.78 is 52.5. The lowest BCUT2D eigenvalue weighted by Crippen LogP contribution is -2.28. The van der Waals surface area contributed by atoms with Crippen LogP contribution in [-0.2, 0) is 0 Å². The predicted molar refractivity (Wildman–Crippen MR) is 59.3 cm³/mol. The Balaban J connectivity index is 0.00000162. The van der Waals surface area contributed by atoms with Crippen LogP contribution in [0.1, 0.15) is 11.6 Å². The first-order valence-electron chi connectivity index (χ1n) is 4.73. The molecule has 4 nitrogen and oxygen atoms in total. The highest BCUT2D eigenvalue weighted by Gasteiger charge is 2.39. The van der Waals surface area contributed by atoms with Gasteiger partial charge in [-0.3, -0.25) is 0 Å². The van der Waals surface area contributed by atoms with E-state index in [1.165, 1.54) is 19.2 Å². The molecule has 1 aromatic carbocycles. The smallest absolute Gasteiger partial charge is 0.407 e. The maximum absolute atomic E-state index is 12.5. The minimum Gasteiger partial charge on any atom is -0.493 e. The Kier molecular flexibility index (Phi) is 4.18. The Labute approximate surface area is 107 Å². The van der Waals surface area contributed by atoms with E-state index in [-0.39, 0.29) is 36.3 Å². The van der Waals surface area contributed by atoms with Crippen LogP contribution in [0.4, 0.5) is 13.2 Å². The minimum absolute atomic E-state index is 0. The topological polar surface area (TPSA) is 53.7 Å². The summed E-state index contributed by atoms with van der Waals surface area (Å²) in [5.74, 6) is 0.680. The molecule has 0 fully saturated rings. The molecule has 18 heavy (non-hydrogen) atoms. The summed E-state index contributed by atoms with van der Waals surface area (Å²) in [7, 11) is 1.33. The first kappa shape index (κ1) is 14.7. The van der Waals surface area contributed by atoms with Crippen LogP contribution in [0.3, 0.4) is 0 Å². The number of hydrogen-bond acceptors (Lipinski definition) is 4. The van der Waals surface area contributed by atoms with Crippen molar-refractivity contribution in [3.05, 3.63) is 17.7 Å².